The van der Waals surface area contributed by atoms with Gasteiger partial charge in [0.15, 0.2) is 0 Å². The highest BCUT2D eigenvalue weighted by Crippen LogP contribution is 2.11. The van der Waals surface area contributed by atoms with E-state index in [9.17, 15) is 0 Å². The molecule has 0 aromatic heterocycles. The van der Waals surface area contributed by atoms with Crippen LogP contribution in [0.15, 0.2) is 24.8 Å². The molecule has 0 nitrogen and oxygen atoms in total. The highest BCUT2D eigenvalue weighted by Gasteiger charge is 1.90. The Balaban J connectivity index is 3.18. The van der Waals surface area contributed by atoms with Gasteiger partial charge in [-0.15, -0.1) is 0 Å². The topological polar surface area (TPSA) is 0 Å². The molecule has 0 fully saturated rings. The molecule has 10 heavy (non-hydrogen) atoms. The fourth-order valence-electron chi connectivity index (χ4n) is 0.838. The normalized spacial score (nSPS) is 9.40. The Morgan fingerprint density at radius 1 is 1.40 bits per heavy atom. The summed E-state index contributed by atoms with van der Waals surface area (Å²) in [4.78, 5) is 0. The number of hydrogen-bond donors (Lipinski definition) is 0. The second kappa shape index (κ2) is 3.19. The number of hydrogen-bond acceptors (Lipinski definition) is 0. The van der Waals surface area contributed by atoms with Crippen molar-refractivity contribution in [1.29, 1.82) is 0 Å². The van der Waals surface area contributed by atoms with Crippen molar-refractivity contribution >= 4 is 22.6 Å². The summed E-state index contributed by atoms with van der Waals surface area (Å²) in [7, 11) is 0. The highest BCUT2D eigenvalue weighted by atomic mass is 127. The minimum atomic E-state index is 1.07. The first kappa shape index (κ1) is 7.79. The largest absolute Gasteiger partial charge is 0.0906 e. The van der Waals surface area contributed by atoms with Crippen LogP contribution in [0.5, 0.6) is 0 Å². The molecule has 0 N–H and O–H groups in total. The molecule has 0 unspecified atom stereocenters. The first-order valence-corrected chi connectivity index (χ1v) is 4.10. The standard InChI is InChI=1S/C9H8I/c1-3-8-4-7(2)5-9(10)6-8/h4-6H,1H2,2H3. The summed E-state index contributed by atoms with van der Waals surface area (Å²) < 4.78 is 1.24. The first-order valence-electron chi connectivity index (χ1n) is 3.02. The Labute approximate surface area is 75.1 Å². The predicted octanol–water partition coefficient (Wildman–Crippen LogP) is 2.94. The highest BCUT2D eigenvalue weighted by molar-refractivity contribution is 14.1. The van der Waals surface area contributed by atoms with E-state index in [4.69, 9.17) is 0 Å². The number of halogens is 1. The minimum absolute atomic E-state index is 1.07. The molecule has 1 heteroatoms. The lowest BCUT2D eigenvalue weighted by Gasteiger charge is -1.96. The van der Waals surface area contributed by atoms with Crippen molar-refractivity contribution in [3.63, 3.8) is 0 Å². The van der Waals surface area contributed by atoms with Crippen molar-refractivity contribution in [2.45, 2.75) is 6.92 Å². The van der Waals surface area contributed by atoms with Crippen LogP contribution >= 0.6 is 22.6 Å². The third-order valence-electron chi connectivity index (χ3n) is 1.25. The summed E-state index contributed by atoms with van der Waals surface area (Å²) in [6.07, 6.45) is 2.85. The molecule has 1 rings (SSSR count). The smallest absolute Gasteiger partial charge is 0.0139 e. The molecule has 51 valence electrons. The molecule has 0 aliphatic heterocycles. The lowest BCUT2D eigenvalue weighted by atomic mass is 10.1. The first-order chi connectivity index (χ1) is 4.72. The van der Waals surface area contributed by atoms with Gasteiger partial charge in [-0.1, -0.05) is 12.6 Å². The van der Waals surface area contributed by atoms with Crippen molar-refractivity contribution in [3.8, 4) is 0 Å². The molecule has 0 saturated heterocycles. The van der Waals surface area contributed by atoms with Crippen molar-refractivity contribution in [2.75, 3.05) is 0 Å². The van der Waals surface area contributed by atoms with Gasteiger partial charge in [0.1, 0.15) is 0 Å². The van der Waals surface area contributed by atoms with E-state index < -0.39 is 0 Å². The molecule has 0 saturated carbocycles. The summed E-state index contributed by atoms with van der Waals surface area (Å²) in [5.74, 6) is 0. The molecular weight excluding hydrogens is 235 g/mol. The maximum Gasteiger partial charge on any atom is 0.0139 e. The van der Waals surface area contributed by atoms with Gasteiger partial charge in [-0.3, -0.25) is 0 Å². The van der Waals surface area contributed by atoms with E-state index in [-0.39, 0.29) is 0 Å². The van der Waals surface area contributed by atoms with Gasteiger partial charge in [0.2, 0.25) is 0 Å². The summed E-state index contributed by atoms with van der Waals surface area (Å²) in [5, 5.41) is 0. The van der Waals surface area contributed by atoms with Gasteiger partial charge in [-0.25, -0.2) is 0 Å². The van der Waals surface area contributed by atoms with E-state index in [0.717, 1.165) is 5.56 Å². The lowest BCUT2D eigenvalue weighted by Crippen LogP contribution is -1.79. The molecule has 1 radical (unpaired) electrons. The van der Waals surface area contributed by atoms with E-state index in [2.05, 4.69) is 60.4 Å². The minimum Gasteiger partial charge on any atom is -0.0906 e. The second-order valence-corrected chi connectivity index (χ2v) is 3.44. The summed E-state index contributed by atoms with van der Waals surface area (Å²) >= 11 is 2.29. The predicted molar refractivity (Wildman–Crippen MR) is 51.9 cm³/mol. The van der Waals surface area contributed by atoms with Crippen LogP contribution in [0.25, 0.3) is 0 Å². The van der Waals surface area contributed by atoms with Crippen molar-refractivity contribution in [3.05, 3.63) is 45.6 Å². The molecule has 0 aliphatic carbocycles. The fourth-order valence-corrected chi connectivity index (χ4v) is 1.67. The van der Waals surface area contributed by atoms with Crippen LogP contribution in [0, 0.1) is 16.6 Å². The van der Waals surface area contributed by atoms with Crippen LogP contribution < -0.4 is 0 Å². The third-order valence-corrected chi connectivity index (χ3v) is 1.87. The van der Waals surface area contributed by atoms with Crippen LogP contribution in [0.4, 0.5) is 0 Å². The van der Waals surface area contributed by atoms with Crippen LogP contribution in [0.3, 0.4) is 0 Å². The summed E-state index contributed by atoms with van der Waals surface area (Å²) in [6, 6.07) is 6.25. The van der Waals surface area contributed by atoms with Crippen LogP contribution in [-0.2, 0) is 0 Å². The van der Waals surface area contributed by atoms with Crippen LogP contribution in [0.1, 0.15) is 11.1 Å². The molecule has 0 spiro atoms. The van der Waals surface area contributed by atoms with E-state index in [1.54, 1.807) is 0 Å². The van der Waals surface area contributed by atoms with Crippen LogP contribution in [-0.4, -0.2) is 0 Å². The lowest BCUT2D eigenvalue weighted by molar-refractivity contribution is 1.41. The average Bonchev–Trinajstić information content (AvgIpc) is 1.85. The summed E-state index contributed by atoms with van der Waals surface area (Å²) in [5.41, 5.74) is 2.34. The van der Waals surface area contributed by atoms with E-state index in [1.807, 2.05) is 0 Å². The van der Waals surface area contributed by atoms with Gasteiger partial charge >= 0.3 is 0 Å². The van der Waals surface area contributed by atoms with Crippen molar-refractivity contribution in [1.82, 2.24) is 0 Å². The van der Waals surface area contributed by atoms with Gasteiger partial charge < -0.3 is 0 Å². The third kappa shape index (κ3) is 1.84. The van der Waals surface area contributed by atoms with Gasteiger partial charge in [0.05, 0.1) is 0 Å². The number of benzene rings is 1. The van der Waals surface area contributed by atoms with E-state index in [0.29, 0.717) is 0 Å². The average molecular weight is 243 g/mol. The molecule has 0 atom stereocenters. The molecular formula is C9H8I. The molecule has 0 aliphatic rings. The zero-order chi connectivity index (χ0) is 7.56. The molecule has 0 amide bonds. The fraction of sp³-hybridized carbons (Fsp3) is 0.111. The van der Waals surface area contributed by atoms with Gasteiger partial charge in [0.25, 0.3) is 0 Å². The molecule has 1 aromatic rings. The van der Waals surface area contributed by atoms with Crippen molar-refractivity contribution < 1.29 is 0 Å². The quantitative estimate of drug-likeness (QED) is 0.665. The Morgan fingerprint density at radius 2 is 2.10 bits per heavy atom. The molecule has 1 aromatic carbocycles. The maximum absolute atomic E-state index is 3.58. The number of rotatable bonds is 1. The van der Waals surface area contributed by atoms with E-state index in [1.165, 1.54) is 9.13 Å². The van der Waals surface area contributed by atoms with Gasteiger partial charge in [-0.2, -0.15) is 0 Å². The number of aryl methyl sites for hydroxylation is 1. The Kier molecular flexibility index (Phi) is 2.49. The molecule has 0 bridgehead atoms. The second-order valence-electron chi connectivity index (χ2n) is 2.19. The van der Waals surface area contributed by atoms with Gasteiger partial charge in [0, 0.05) is 3.57 Å². The van der Waals surface area contributed by atoms with Gasteiger partial charge in [-0.05, 0) is 58.9 Å². The maximum atomic E-state index is 3.58. The molecule has 0 heterocycles. The zero-order valence-corrected chi connectivity index (χ0v) is 7.97. The summed E-state index contributed by atoms with van der Waals surface area (Å²) in [6.45, 7) is 5.66. The Hall–Kier alpha value is -0.310. The Bertz CT molecular complexity index is 231. The van der Waals surface area contributed by atoms with E-state index >= 15 is 0 Å². The Morgan fingerprint density at radius 3 is 2.60 bits per heavy atom. The van der Waals surface area contributed by atoms with Crippen molar-refractivity contribution in [2.24, 2.45) is 0 Å². The monoisotopic (exact) mass is 243 g/mol. The SMILES string of the molecule is C=[C]c1cc(C)cc(I)c1. The van der Waals surface area contributed by atoms with Crippen LogP contribution in [0.2, 0.25) is 0 Å². The zero-order valence-electron chi connectivity index (χ0n) is 5.82.